The van der Waals surface area contributed by atoms with E-state index in [1.165, 1.54) is 5.56 Å². The standard InChI is InChI=1S/C20H29N3O3/c1-4-6-18-22-20(26-23-18)8-5-7-19(24)21-14-13-16-9-11-17(12-10-16)25-15(2)3/h9-12,15H,4-8,13-14H2,1-3H3,(H,21,24). The van der Waals surface area contributed by atoms with Gasteiger partial charge < -0.3 is 14.6 Å². The maximum atomic E-state index is 11.9. The Hall–Kier alpha value is -2.37. The quantitative estimate of drug-likeness (QED) is 0.664. The van der Waals surface area contributed by atoms with Crippen LogP contribution in [0.15, 0.2) is 28.8 Å². The molecular weight excluding hydrogens is 330 g/mol. The van der Waals surface area contributed by atoms with E-state index in [1.54, 1.807) is 0 Å². The maximum absolute atomic E-state index is 11.9. The van der Waals surface area contributed by atoms with Gasteiger partial charge in [-0.2, -0.15) is 4.98 Å². The lowest BCUT2D eigenvalue weighted by Gasteiger charge is -2.10. The number of nitrogens with zero attached hydrogens (tertiary/aromatic N) is 2. The van der Waals surface area contributed by atoms with Gasteiger partial charge in [0, 0.05) is 25.8 Å². The first-order chi connectivity index (χ1) is 12.6. The lowest BCUT2D eigenvalue weighted by molar-refractivity contribution is -0.121. The van der Waals surface area contributed by atoms with Gasteiger partial charge >= 0.3 is 0 Å². The second-order valence-electron chi connectivity index (χ2n) is 6.62. The number of carbonyl (C=O) groups is 1. The highest BCUT2D eigenvalue weighted by Crippen LogP contribution is 2.14. The molecule has 0 radical (unpaired) electrons. The van der Waals surface area contributed by atoms with Crippen molar-refractivity contribution in [3.63, 3.8) is 0 Å². The van der Waals surface area contributed by atoms with Gasteiger partial charge in [-0.3, -0.25) is 4.79 Å². The summed E-state index contributed by atoms with van der Waals surface area (Å²) < 4.78 is 10.8. The molecule has 2 aromatic rings. The fourth-order valence-electron chi connectivity index (χ4n) is 2.56. The highest BCUT2D eigenvalue weighted by molar-refractivity contribution is 5.75. The fraction of sp³-hybridized carbons (Fsp3) is 0.550. The molecule has 2 rings (SSSR count). The van der Waals surface area contributed by atoms with Gasteiger partial charge in [0.1, 0.15) is 5.75 Å². The van der Waals surface area contributed by atoms with E-state index in [0.29, 0.717) is 31.7 Å². The number of carbonyl (C=O) groups excluding carboxylic acids is 1. The molecule has 1 aromatic carbocycles. The first-order valence-corrected chi connectivity index (χ1v) is 9.40. The van der Waals surface area contributed by atoms with Crippen LogP contribution in [0.3, 0.4) is 0 Å². The molecule has 1 aromatic heterocycles. The Balaban J connectivity index is 1.61. The number of ether oxygens (including phenoxy) is 1. The third-order valence-corrected chi connectivity index (χ3v) is 3.81. The molecule has 0 aliphatic carbocycles. The van der Waals surface area contributed by atoms with E-state index in [2.05, 4.69) is 22.4 Å². The third-order valence-electron chi connectivity index (χ3n) is 3.81. The minimum atomic E-state index is 0.0538. The Morgan fingerprint density at radius 2 is 1.96 bits per heavy atom. The first-order valence-electron chi connectivity index (χ1n) is 9.40. The van der Waals surface area contributed by atoms with Crippen molar-refractivity contribution >= 4 is 5.91 Å². The predicted octanol–water partition coefficient (Wildman–Crippen LogP) is 3.49. The SMILES string of the molecule is CCCc1noc(CCCC(=O)NCCc2ccc(OC(C)C)cc2)n1. The van der Waals surface area contributed by atoms with Crippen LogP contribution in [-0.4, -0.2) is 28.7 Å². The van der Waals surface area contributed by atoms with Crippen molar-refractivity contribution in [2.24, 2.45) is 0 Å². The Labute approximate surface area is 155 Å². The van der Waals surface area contributed by atoms with Crippen LogP contribution in [0.4, 0.5) is 0 Å². The van der Waals surface area contributed by atoms with Crippen LogP contribution < -0.4 is 10.1 Å². The Bertz CT molecular complexity index is 665. The maximum Gasteiger partial charge on any atom is 0.226 e. The van der Waals surface area contributed by atoms with Gasteiger partial charge in [0.15, 0.2) is 5.82 Å². The molecule has 0 aliphatic rings. The molecular formula is C20H29N3O3. The molecule has 1 heterocycles. The van der Waals surface area contributed by atoms with E-state index in [0.717, 1.165) is 30.8 Å². The van der Waals surface area contributed by atoms with Crippen molar-refractivity contribution in [3.05, 3.63) is 41.5 Å². The van der Waals surface area contributed by atoms with Crippen molar-refractivity contribution in [2.75, 3.05) is 6.54 Å². The van der Waals surface area contributed by atoms with Gasteiger partial charge in [0.05, 0.1) is 6.10 Å². The zero-order valence-electron chi connectivity index (χ0n) is 16.0. The summed E-state index contributed by atoms with van der Waals surface area (Å²) in [4.78, 5) is 16.2. The van der Waals surface area contributed by atoms with E-state index in [-0.39, 0.29) is 12.0 Å². The van der Waals surface area contributed by atoms with Gasteiger partial charge in [-0.15, -0.1) is 0 Å². The number of benzene rings is 1. The molecule has 0 unspecified atom stereocenters. The number of nitrogens with one attached hydrogen (secondary N) is 1. The zero-order valence-corrected chi connectivity index (χ0v) is 16.0. The molecule has 6 heteroatoms. The number of amides is 1. The van der Waals surface area contributed by atoms with Crippen molar-refractivity contribution in [1.82, 2.24) is 15.5 Å². The number of aryl methyl sites for hydroxylation is 2. The molecule has 0 bridgehead atoms. The zero-order chi connectivity index (χ0) is 18.8. The first kappa shape index (κ1) is 19.9. The van der Waals surface area contributed by atoms with E-state index >= 15 is 0 Å². The second-order valence-corrected chi connectivity index (χ2v) is 6.62. The summed E-state index contributed by atoms with van der Waals surface area (Å²) in [6.45, 7) is 6.72. The number of hydrogen-bond acceptors (Lipinski definition) is 5. The summed E-state index contributed by atoms with van der Waals surface area (Å²) >= 11 is 0. The molecule has 1 N–H and O–H groups in total. The van der Waals surface area contributed by atoms with Crippen LogP contribution in [0.5, 0.6) is 5.75 Å². The Morgan fingerprint density at radius 3 is 2.65 bits per heavy atom. The number of aromatic nitrogens is 2. The van der Waals surface area contributed by atoms with Crippen molar-refractivity contribution in [2.45, 2.75) is 65.4 Å². The van der Waals surface area contributed by atoms with Crippen molar-refractivity contribution in [3.8, 4) is 5.75 Å². The number of hydrogen-bond donors (Lipinski definition) is 1. The van der Waals surface area contributed by atoms with Crippen molar-refractivity contribution < 1.29 is 14.1 Å². The van der Waals surface area contributed by atoms with E-state index < -0.39 is 0 Å². The van der Waals surface area contributed by atoms with Crippen LogP contribution in [-0.2, 0) is 24.1 Å². The minimum absolute atomic E-state index is 0.0538. The van der Waals surface area contributed by atoms with Crippen LogP contribution >= 0.6 is 0 Å². The van der Waals surface area contributed by atoms with Crippen LogP contribution in [0, 0.1) is 0 Å². The molecule has 0 saturated carbocycles. The summed E-state index contributed by atoms with van der Waals surface area (Å²) in [5.41, 5.74) is 1.18. The van der Waals surface area contributed by atoms with Crippen LogP contribution in [0.25, 0.3) is 0 Å². The highest BCUT2D eigenvalue weighted by atomic mass is 16.5. The Morgan fingerprint density at radius 1 is 1.19 bits per heavy atom. The molecule has 142 valence electrons. The topological polar surface area (TPSA) is 77.2 Å². The lowest BCUT2D eigenvalue weighted by atomic mass is 10.1. The van der Waals surface area contributed by atoms with Crippen molar-refractivity contribution in [1.29, 1.82) is 0 Å². The summed E-state index contributed by atoms with van der Waals surface area (Å²) in [6.07, 6.45) is 4.61. The normalized spacial score (nSPS) is 10.9. The van der Waals surface area contributed by atoms with Gasteiger partial charge in [0.25, 0.3) is 0 Å². The van der Waals surface area contributed by atoms with Crippen LogP contribution in [0.2, 0.25) is 0 Å². The third kappa shape index (κ3) is 7.25. The molecule has 6 nitrogen and oxygen atoms in total. The Kier molecular flexibility index (Phi) is 8.12. The van der Waals surface area contributed by atoms with Crippen LogP contribution in [0.1, 0.15) is 57.3 Å². The van der Waals surface area contributed by atoms with Gasteiger partial charge in [-0.25, -0.2) is 0 Å². The molecule has 0 aliphatic heterocycles. The smallest absolute Gasteiger partial charge is 0.226 e. The van der Waals surface area contributed by atoms with E-state index in [1.807, 2.05) is 38.1 Å². The fourth-order valence-corrected chi connectivity index (χ4v) is 2.56. The highest BCUT2D eigenvalue weighted by Gasteiger charge is 2.07. The average molecular weight is 359 g/mol. The molecule has 26 heavy (non-hydrogen) atoms. The molecule has 0 fully saturated rings. The predicted molar refractivity (Wildman–Crippen MR) is 100 cm³/mol. The summed E-state index contributed by atoms with van der Waals surface area (Å²) in [5.74, 6) is 2.29. The summed E-state index contributed by atoms with van der Waals surface area (Å²) in [6, 6.07) is 8.00. The van der Waals surface area contributed by atoms with Gasteiger partial charge in [-0.05, 0) is 50.8 Å². The molecule has 0 spiro atoms. The van der Waals surface area contributed by atoms with Gasteiger partial charge in [0.2, 0.25) is 11.8 Å². The monoisotopic (exact) mass is 359 g/mol. The lowest BCUT2D eigenvalue weighted by Crippen LogP contribution is -2.25. The minimum Gasteiger partial charge on any atom is -0.491 e. The summed E-state index contributed by atoms with van der Waals surface area (Å²) in [5, 5.41) is 6.87. The summed E-state index contributed by atoms with van der Waals surface area (Å²) in [7, 11) is 0. The molecule has 0 atom stereocenters. The largest absolute Gasteiger partial charge is 0.491 e. The molecule has 0 saturated heterocycles. The van der Waals surface area contributed by atoms with Gasteiger partial charge in [-0.1, -0.05) is 24.2 Å². The molecule has 1 amide bonds. The second kappa shape index (κ2) is 10.6. The number of rotatable bonds is 11. The van der Waals surface area contributed by atoms with E-state index in [9.17, 15) is 4.79 Å². The van der Waals surface area contributed by atoms with E-state index in [4.69, 9.17) is 9.26 Å². The average Bonchev–Trinajstić information content (AvgIpc) is 3.04.